The van der Waals surface area contributed by atoms with Gasteiger partial charge in [0.05, 0.1) is 5.41 Å². The Morgan fingerprint density at radius 3 is 2.18 bits per heavy atom. The average Bonchev–Trinajstić information content (AvgIpc) is 2.86. The number of carbonyl (C=O) groups is 1. The normalized spacial score (nSPS) is 24.0. The Morgan fingerprint density at radius 2 is 1.64 bits per heavy atom. The monoisotopic (exact) mass is 322 g/mol. The summed E-state index contributed by atoms with van der Waals surface area (Å²) in [4.78, 5) is 12.0. The van der Waals surface area contributed by atoms with Crippen LogP contribution in [0.4, 0.5) is 0 Å². The van der Waals surface area contributed by atoms with Gasteiger partial charge in [0.15, 0.2) is 11.5 Å². The summed E-state index contributed by atoms with van der Waals surface area (Å²) in [5.74, 6) is -0.0193. The summed E-state index contributed by atoms with van der Waals surface area (Å²) in [6.45, 7) is 0. The maximum absolute atomic E-state index is 12.0. The highest BCUT2D eigenvalue weighted by Crippen LogP contribution is 2.52. The minimum absolute atomic E-state index is 0.475. The van der Waals surface area contributed by atoms with E-state index >= 15 is 0 Å². The standard InChI is InChI=1S/C17H19ClO4/c18-12-10-14-13(21-17(22-14)7-4-8-17)9-11(12)16(15(19)20)5-2-1-3-6-16/h9-10H,1-8H2,(H,19,20). The molecule has 4 rings (SSSR count). The van der Waals surface area contributed by atoms with Gasteiger partial charge in [-0.2, -0.15) is 0 Å². The van der Waals surface area contributed by atoms with Gasteiger partial charge in [0.2, 0.25) is 0 Å². The summed E-state index contributed by atoms with van der Waals surface area (Å²) in [5, 5.41) is 10.3. The van der Waals surface area contributed by atoms with E-state index in [4.69, 9.17) is 21.1 Å². The van der Waals surface area contributed by atoms with Gasteiger partial charge in [-0.25, -0.2) is 0 Å². The molecule has 0 saturated heterocycles. The van der Waals surface area contributed by atoms with Crippen LogP contribution in [0, 0.1) is 0 Å². The smallest absolute Gasteiger partial charge is 0.314 e. The number of carboxylic acid groups (broad SMARTS) is 1. The first kappa shape index (κ1) is 14.2. The van der Waals surface area contributed by atoms with Gasteiger partial charge in [0.1, 0.15) is 0 Å². The zero-order valence-corrected chi connectivity index (χ0v) is 13.1. The second-order valence-corrected chi connectivity index (χ2v) is 7.10. The minimum atomic E-state index is -0.886. The topological polar surface area (TPSA) is 55.8 Å². The van der Waals surface area contributed by atoms with Gasteiger partial charge in [-0.05, 0) is 30.9 Å². The molecule has 2 saturated carbocycles. The van der Waals surface area contributed by atoms with Crippen LogP contribution >= 0.6 is 11.6 Å². The molecule has 1 heterocycles. The van der Waals surface area contributed by atoms with Gasteiger partial charge in [0, 0.05) is 23.9 Å². The third-order valence-electron chi connectivity index (χ3n) is 5.37. The predicted octanol–water partition coefficient (Wildman–Crippen LogP) is 4.28. The predicted molar refractivity (Wildman–Crippen MR) is 81.7 cm³/mol. The maximum atomic E-state index is 12.0. The van der Waals surface area contributed by atoms with Gasteiger partial charge in [-0.1, -0.05) is 30.9 Å². The highest BCUT2D eigenvalue weighted by Gasteiger charge is 2.49. The van der Waals surface area contributed by atoms with Crippen LogP contribution in [0.25, 0.3) is 0 Å². The van der Waals surface area contributed by atoms with E-state index in [-0.39, 0.29) is 0 Å². The van der Waals surface area contributed by atoms with Crippen molar-refractivity contribution in [2.24, 2.45) is 0 Å². The van der Waals surface area contributed by atoms with Gasteiger partial charge in [0.25, 0.3) is 5.79 Å². The molecule has 2 aliphatic carbocycles. The van der Waals surface area contributed by atoms with Gasteiger partial charge < -0.3 is 14.6 Å². The quantitative estimate of drug-likeness (QED) is 0.883. The first-order valence-corrected chi connectivity index (χ1v) is 8.38. The SMILES string of the molecule is O=C(O)C1(c2cc3c(cc2Cl)OC2(CCC2)O3)CCCCC1. The molecule has 2 fully saturated rings. The molecular weight excluding hydrogens is 304 g/mol. The zero-order valence-electron chi connectivity index (χ0n) is 12.4. The molecule has 0 amide bonds. The minimum Gasteiger partial charge on any atom is -0.481 e. The van der Waals surface area contributed by atoms with Crippen LogP contribution in [0.2, 0.25) is 5.02 Å². The fraction of sp³-hybridized carbons (Fsp3) is 0.588. The summed E-state index contributed by atoms with van der Waals surface area (Å²) < 4.78 is 11.9. The zero-order chi connectivity index (χ0) is 15.4. The number of benzene rings is 1. The van der Waals surface area contributed by atoms with E-state index in [1.807, 2.05) is 6.07 Å². The number of fused-ring (bicyclic) bond motifs is 1. The molecular formula is C17H19ClO4. The summed E-state index contributed by atoms with van der Waals surface area (Å²) in [6.07, 6.45) is 7.02. The third-order valence-corrected chi connectivity index (χ3v) is 5.69. The van der Waals surface area contributed by atoms with Gasteiger partial charge in [-0.15, -0.1) is 0 Å². The van der Waals surface area contributed by atoms with Crippen LogP contribution in [0.1, 0.15) is 56.9 Å². The van der Waals surface area contributed by atoms with Crippen LogP contribution in [0.3, 0.4) is 0 Å². The van der Waals surface area contributed by atoms with Crippen LogP contribution < -0.4 is 9.47 Å². The Kier molecular flexibility index (Phi) is 3.09. The number of carboxylic acids is 1. The lowest BCUT2D eigenvalue weighted by Gasteiger charge is -2.35. The lowest BCUT2D eigenvalue weighted by molar-refractivity contribution is -0.145. The molecule has 0 atom stereocenters. The molecule has 1 spiro atoms. The molecule has 4 nitrogen and oxygen atoms in total. The number of halogens is 1. The average molecular weight is 323 g/mol. The molecule has 0 unspecified atom stereocenters. The van der Waals surface area contributed by atoms with E-state index in [1.165, 1.54) is 0 Å². The van der Waals surface area contributed by atoms with Gasteiger partial charge >= 0.3 is 5.97 Å². The van der Waals surface area contributed by atoms with E-state index in [0.717, 1.165) is 38.5 Å². The fourth-order valence-corrected chi connectivity index (χ4v) is 4.24. The summed E-state index contributed by atoms with van der Waals surface area (Å²) in [6, 6.07) is 3.54. The van der Waals surface area contributed by atoms with Crippen LogP contribution in [0.15, 0.2) is 12.1 Å². The van der Waals surface area contributed by atoms with Crippen molar-refractivity contribution in [2.75, 3.05) is 0 Å². The van der Waals surface area contributed by atoms with Crippen molar-refractivity contribution in [3.63, 3.8) is 0 Å². The van der Waals surface area contributed by atoms with E-state index in [9.17, 15) is 9.90 Å². The molecule has 0 aromatic heterocycles. The molecule has 0 radical (unpaired) electrons. The number of ether oxygens (including phenoxy) is 2. The van der Waals surface area contributed by atoms with Crippen molar-refractivity contribution in [2.45, 2.75) is 62.6 Å². The first-order chi connectivity index (χ1) is 10.5. The molecule has 1 aromatic rings. The molecule has 1 N–H and O–H groups in total. The van der Waals surface area contributed by atoms with Crippen molar-refractivity contribution >= 4 is 17.6 Å². The van der Waals surface area contributed by atoms with Gasteiger partial charge in [-0.3, -0.25) is 4.79 Å². The highest BCUT2D eigenvalue weighted by atomic mass is 35.5. The first-order valence-electron chi connectivity index (χ1n) is 8.00. The van der Waals surface area contributed by atoms with E-state index in [1.54, 1.807) is 6.07 Å². The Bertz CT molecular complexity index is 630. The molecule has 0 bridgehead atoms. The maximum Gasteiger partial charge on any atom is 0.314 e. The molecule has 1 aliphatic heterocycles. The summed E-state index contributed by atoms with van der Waals surface area (Å²) in [7, 11) is 0. The number of hydrogen-bond acceptors (Lipinski definition) is 3. The largest absolute Gasteiger partial charge is 0.481 e. The number of rotatable bonds is 2. The highest BCUT2D eigenvalue weighted by molar-refractivity contribution is 6.32. The van der Waals surface area contributed by atoms with E-state index in [2.05, 4.69) is 0 Å². The van der Waals surface area contributed by atoms with Crippen LogP contribution in [-0.4, -0.2) is 16.9 Å². The second kappa shape index (κ2) is 4.79. The van der Waals surface area contributed by atoms with Crippen molar-refractivity contribution in [1.29, 1.82) is 0 Å². The van der Waals surface area contributed by atoms with Crippen LogP contribution in [0.5, 0.6) is 11.5 Å². The molecule has 22 heavy (non-hydrogen) atoms. The fourth-order valence-electron chi connectivity index (χ4n) is 3.91. The van der Waals surface area contributed by atoms with Crippen molar-refractivity contribution < 1.29 is 19.4 Å². The Labute approximate surface area is 134 Å². The van der Waals surface area contributed by atoms with Crippen molar-refractivity contribution in [1.82, 2.24) is 0 Å². The lowest BCUT2D eigenvalue weighted by atomic mass is 9.69. The Hall–Kier alpha value is -1.42. The van der Waals surface area contributed by atoms with E-state index < -0.39 is 17.2 Å². The molecule has 3 aliphatic rings. The Morgan fingerprint density at radius 1 is 1.00 bits per heavy atom. The summed E-state index contributed by atoms with van der Waals surface area (Å²) >= 11 is 6.43. The van der Waals surface area contributed by atoms with Crippen LogP contribution in [-0.2, 0) is 10.2 Å². The van der Waals surface area contributed by atoms with E-state index in [0.29, 0.717) is 34.9 Å². The molecule has 5 heteroatoms. The molecule has 118 valence electrons. The third kappa shape index (κ3) is 1.93. The number of aliphatic carboxylic acids is 1. The summed E-state index contributed by atoms with van der Waals surface area (Å²) in [5.41, 5.74) is -0.205. The Balaban J connectivity index is 1.76. The molecule has 1 aromatic carbocycles. The lowest BCUT2D eigenvalue weighted by Crippen LogP contribution is -2.45. The number of hydrogen-bond donors (Lipinski definition) is 1. The second-order valence-electron chi connectivity index (χ2n) is 6.70. The van der Waals surface area contributed by atoms with Crippen molar-refractivity contribution in [3.05, 3.63) is 22.7 Å². The van der Waals surface area contributed by atoms with Crippen molar-refractivity contribution in [3.8, 4) is 11.5 Å².